The van der Waals surface area contributed by atoms with E-state index in [4.69, 9.17) is 9.26 Å². The monoisotopic (exact) mass is 316 g/mol. The van der Waals surface area contributed by atoms with Crippen LogP contribution in [0, 0.1) is 20.8 Å². The molecule has 0 saturated heterocycles. The Hall–Kier alpha value is -2.30. The molecule has 5 heteroatoms. The molecule has 1 amide bonds. The second-order valence-corrected chi connectivity index (χ2v) is 5.75. The fourth-order valence-corrected chi connectivity index (χ4v) is 2.34. The molecule has 0 bridgehead atoms. The smallest absolute Gasteiger partial charge is 0.258 e. The summed E-state index contributed by atoms with van der Waals surface area (Å²) in [6.45, 7) is 8.40. The third-order valence-corrected chi connectivity index (χ3v) is 3.79. The molecule has 0 unspecified atom stereocenters. The predicted molar refractivity (Wildman–Crippen MR) is 88.5 cm³/mol. The van der Waals surface area contributed by atoms with Crippen molar-refractivity contribution in [2.45, 2.75) is 47.1 Å². The zero-order chi connectivity index (χ0) is 16.8. The number of hydrogen-bond donors (Lipinski definition) is 1. The lowest BCUT2D eigenvalue weighted by Crippen LogP contribution is -2.28. The highest BCUT2D eigenvalue weighted by Gasteiger charge is 2.10. The van der Waals surface area contributed by atoms with Gasteiger partial charge < -0.3 is 14.6 Å². The van der Waals surface area contributed by atoms with Gasteiger partial charge in [-0.15, -0.1) is 0 Å². The van der Waals surface area contributed by atoms with Crippen molar-refractivity contribution in [3.8, 4) is 5.75 Å². The van der Waals surface area contributed by atoms with E-state index in [1.807, 2.05) is 32.9 Å². The van der Waals surface area contributed by atoms with Crippen LogP contribution in [0.15, 0.2) is 22.7 Å². The Morgan fingerprint density at radius 3 is 2.74 bits per heavy atom. The van der Waals surface area contributed by atoms with Crippen LogP contribution in [0.5, 0.6) is 5.75 Å². The minimum Gasteiger partial charge on any atom is -0.483 e. The van der Waals surface area contributed by atoms with Gasteiger partial charge in [-0.2, -0.15) is 0 Å². The van der Waals surface area contributed by atoms with Crippen molar-refractivity contribution in [1.82, 2.24) is 10.5 Å². The van der Waals surface area contributed by atoms with E-state index in [1.54, 1.807) is 0 Å². The number of nitrogens with zero attached hydrogens (tertiary/aromatic N) is 1. The Morgan fingerprint density at radius 2 is 2.00 bits per heavy atom. The van der Waals surface area contributed by atoms with Crippen LogP contribution in [0.3, 0.4) is 0 Å². The van der Waals surface area contributed by atoms with Gasteiger partial charge in [0.2, 0.25) is 0 Å². The molecule has 124 valence electrons. The van der Waals surface area contributed by atoms with Gasteiger partial charge in [-0.25, -0.2) is 0 Å². The number of benzene rings is 1. The minimum absolute atomic E-state index is 0.0128. The maximum Gasteiger partial charge on any atom is 0.258 e. The Kier molecular flexibility index (Phi) is 5.79. The largest absolute Gasteiger partial charge is 0.483 e. The van der Waals surface area contributed by atoms with E-state index in [-0.39, 0.29) is 12.5 Å². The molecular weight excluding hydrogens is 292 g/mol. The molecule has 1 aromatic heterocycles. The van der Waals surface area contributed by atoms with Crippen molar-refractivity contribution in [2.24, 2.45) is 0 Å². The van der Waals surface area contributed by atoms with E-state index < -0.39 is 0 Å². The average Bonchev–Trinajstić information content (AvgIpc) is 2.97. The van der Waals surface area contributed by atoms with Crippen molar-refractivity contribution in [2.75, 3.05) is 6.61 Å². The Morgan fingerprint density at radius 1 is 1.26 bits per heavy atom. The van der Waals surface area contributed by atoms with Gasteiger partial charge in [0.05, 0.1) is 12.2 Å². The second-order valence-electron chi connectivity index (χ2n) is 5.75. The summed E-state index contributed by atoms with van der Waals surface area (Å²) >= 11 is 0. The molecule has 0 aliphatic heterocycles. The highest BCUT2D eigenvalue weighted by atomic mass is 16.5. The van der Waals surface area contributed by atoms with E-state index in [0.717, 1.165) is 41.0 Å². The van der Waals surface area contributed by atoms with Gasteiger partial charge in [0.1, 0.15) is 5.75 Å². The molecule has 0 saturated carbocycles. The lowest BCUT2D eigenvalue weighted by molar-refractivity contribution is -0.123. The van der Waals surface area contributed by atoms with Crippen molar-refractivity contribution in [1.29, 1.82) is 0 Å². The topological polar surface area (TPSA) is 64.4 Å². The van der Waals surface area contributed by atoms with Crippen molar-refractivity contribution < 1.29 is 14.1 Å². The fraction of sp³-hybridized carbons (Fsp3) is 0.444. The van der Waals surface area contributed by atoms with Crippen LogP contribution in [0.25, 0.3) is 0 Å². The highest BCUT2D eigenvalue weighted by Crippen LogP contribution is 2.25. The fourth-order valence-electron chi connectivity index (χ4n) is 2.34. The number of aryl methyl sites for hydroxylation is 3. The standard InChI is InChI=1S/C18H24N2O3/c1-5-6-15-9-16(23-20-15)10-19-17(21)11-22-18-13(3)8-7-12(2)14(18)4/h7-9H,5-6,10-11H2,1-4H3,(H,19,21). The van der Waals surface area contributed by atoms with Gasteiger partial charge in [-0.05, 0) is 43.9 Å². The zero-order valence-electron chi connectivity index (χ0n) is 14.2. The van der Waals surface area contributed by atoms with E-state index >= 15 is 0 Å². The first-order valence-corrected chi connectivity index (χ1v) is 7.92. The van der Waals surface area contributed by atoms with Crippen molar-refractivity contribution in [3.63, 3.8) is 0 Å². The lowest BCUT2D eigenvalue weighted by Gasteiger charge is -2.13. The van der Waals surface area contributed by atoms with Crippen LogP contribution in [-0.2, 0) is 17.8 Å². The molecule has 2 rings (SSSR count). The summed E-state index contributed by atoms with van der Waals surface area (Å²) in [4.78, 5) is 11.9. The first-order valence-electron chi connectivity index (χ1n) is 7.92. The highest BCUT2D eigenvalue weighted by molar-refractivity contribution is 5.77. The molecule has 0 aliphatic rings. The molecule has 0 spiro atoms. The predicted octanol–water partition coefficient (Wildman–Crippen LogP) is 3.25. The van der Waals surface area contributed by atoms with E-state index in [2.05, 4.69) is 23.5 Å². The van der Waals surface area contributed by atoms with Crippen LogP contribution < -0.4 is 10.1 Å². The first kappa shape index (κ1) is 17.1. The van der Waals surface area contributed by atoms with Crippen LogP contribution in [0.1, 0.15) is 41.5 Å². The molecule has 0 radical (unpaired) electrons. The normalized spacial score (nSPS) is 10.6. The summed E-state index contributed by atoms with van der Waals surface area (Å²) in [5.41, 5.74) is 4.16. The molecule has 0 aliphatic carbocycles. The van der Waals surface area contributed by atoms with Crippen LogP contribution >= 0.6 is 0 Å². The number of aromatic nitrogens is 1. The van der Waals surface area contributed by atoms with Crippen LogP contribution in [-0.4, -0.2) is 17.7 Å². The van der Waals surface area contributed by atoms with E-state index in [0.29, 0.717) is 12.3 Å². The molecule has 2 aromatic rings. The first-order chi connectivity index (χ1) is 11.0. The number of carbonyl (C=O) groups is 1. The van der Waals surface area contributed by atoms with Crippen LogP contribution in [0.4, 0.5) is 0 Å². The van der Waals surface area contributed by atoms with Gasteiger partial charge >= 0.3 is 0 Å². The molecule has 23 heavy (non-hydrogen) atoms. The summed E-state index contributed by atoms with van der Waals surface area (Å²) in [6.07, 6.45) is 1.90. The van der Waals surface area contributed by atoms with E-state index in [9.17, 15) is 4.79 Å². The minimum atomic E-state index is -0.182. The number of amides is 1. The third kappa shape index (κ3) is 4.58. The molecule has 1 heterocycles. The maximum absolute atomic E-state index is 11.9. The summed E-state index contributed by atoms with van der Waals surface area (Å²) in [7, 11) is 0. The quantitative estimate of drug-likeness (QED) is 0.851. The lowest BCUT2D eigenvalue weighted by atomic mass is 10.1. The van der Waals surface area contributed by atoms with Gasteiger partial charge in [-0.1, -0.05) is 30.6 Å². The zero-order valence-corrected chi connectivity index (χ0v) is 14.2. The third-order valence-electron chi connectivity index (χ3n) is 3.79. The summed E-state index contributed by atoms with van der Waals surface area (Å²) < 4.78 is 10.9. The Labute approximate surface area is 137 Å². The summed E-state index contributed by atoms with van der Waals surface area (Å²) in [5, 5.41) is 6.73. The van der Waals surface area contributed by atoms with E-state index in [1.165, 1.54) is 0 Å². The number of ether oxygens (including phenoxy) is 1. The second kappa shape index (κ2) is 7.81. The SMILES string of the molecule is CCCc1cc(CNC(=O)COc2c(C)ccc(C)c2C)on1. The van der Waals surface area contributed by atoms with Crippen LogP contribution in [0.2, 0.25) is 0 Å². The van der Waals surface area contributed by atoms with Gasteiger partial charge in [0, 0.05) is 6.07 Å². The van der Waals surface area contributed by atoms with Crippen molar-refractivity contribution >= 4 is 5.91 Å². The van der Waals surface area contributed by atoms with Gasteiger partial charge in [0.15, 0.2) is 12.4 Å². The molecule has 1 aromatic carbocycles. The van der Waals surface area contributed by atoms with Gasteiger partial charge in [-0.3, -0.25) is 4.79 Å². The molecular formula is C18H24N2O3. The number of hydrogen-bond acceptors (Lipinski definition) is 4. The summed E-state index contributed by atoms with van der Waals surface area (Å²) in [6, 6.07) is 5.92. The Balaban J connectivity index is 1.84. The Bertz CT molecular complexity index is 677. The molecule has 0 atom stereocenters. The maximum atomic E-state index is 11.9. The molecule has 0 fully saturated rings. The molecule has 1 N–H and O–H groups in total. The summed E-state index contributed by atoms with van der Waals surface area (Å²) in [5.74, 6) is 1.26. The van der Waals surface area contributed by atoms with Crippen molar-refractivity contribution in [3.05, 3.63) is 46.3 Å². The number of carbonyl (C=O) groups excluding carboxylic acids is 1. The van der Waals surface area contributed by atoms with Gasteiger partial charge in [0.25, 0.3) is 5.91 Å². The molecule has 5 nitrogen and oxygen atoms in total. The number of nitrogens with one attached hydrogen (secondary N) is 1. The number of rotatable bonds is 7. The average molecular weight is 316 g/mol.